The highest BCUT2D eigenvalue weighted by Gasteiger charge is 2.31. The first-order chi connectivity index (χ1) is 14.9. The number of hydrogen-bond donors (Lipinski definition) is 7. The van der Waals surface area contributed by atoms with E-state index in [-0.39, 0.29) is 31.3 Å². The van der Waals surface area contributed by atoms with E-state index in [1.807, 2.05) is 6.26 Å². The molecule has 3 amide bonds. The van der Waals surface area contributed by atoms with Gasteiger partial charge >= 0.3 is 5.97 Å². The smallest absolute Gasteiger partial charge is 0.326 e. The quantitative estimate of drug-likeness (QED) is 0.0817. The number of carbonyl (C=O) groups excluding carboxylic acids is 3. The van der Waals surface area contributed by atoms with E-state index < -0.39 is 47.9 Å². The van der Waals surface area contributed by atoms with Crippen molar-refractivity contribution >= 4 is 41.4 Å². The van der Waals surface area contributed by atoms with Crippen LogP contribution < -0.4 is 33.2 Å². The van der Waals surface area contributed by atoms with Gasteiger partial charge in [-0.1, -0.05) is 13.8 Å². The molecule has 0 saturated heterocycles. The van der Waals surface area contributed by atoms with Crippen molar-refractivity contribution < 1.29 is 24.3 Å². The molecule has 0 rings (SSSR count). The van der Waals surface area contributed by atoms with Gasteiger partial charge in [0.2, 0.25) is 17.7 Å². The number of amides is 3. The number of nitrogens with one attached hydrogen (secondary N) is 3. The number of nitrogens with two attached hydrogens (primary N) is 3. The molecule has 0 aromatic carbocycles. The molecule has 0 aliphatic heterocycles. The van der Waals surface area contributed by atoms with Crippen molar-refractivity contribution in [1.82, 2.24) is 16.0 Å². The average Bonchev–Trinajstić information content (AvgIpc) is 2.69. The molecule has 0 fully saturated rings. The van der Waals surface area contributed by atoms with E-state index in [1.165, 1.54) is 18.7 Å². The van der Waals surface area contributed by atoms with Gasteiger partial charge in [-0.25, -0.2) is 4.79 Å². The monoisotopic (exact) mass is 475 g/mol. The van der Waals surface area contributed by atoms with Gasteiger partial charge < -0.3 is 38.3 Å². The Morgan fingerprint density at radius 2 is 1.53 bits per heavy atom. The molecule has 4 unspecified atom stereocenters. The van der Waals surface area contributed by atoms with Crippen LogP contribution in [-0.4, -0.2) is 77.5 Å². The third-order valence-corrected chi connectivity index (χ3v) is 5.11. The molecule has 0 spiro atoms. The van der Waals surface area contributed by atoms with Crippen molar-refractivity contribution in [2.24, 2.45) is 28.1 Å². The van der Waals surface area contributed by atoms with E-state index in [0.29, 0.717) is 12.2 Å². The molecular formula is C19H37N7O5S. The fraction of sp³-hybridized carbons (Fsp3) is 0.737. The lowest BCUT2D eigenvalue weighted by atomic mass is 10.0. The molecule has 10 N–H and O–H groups in total. The van der Waals surface area contributed by atoms with Crippen molar-refractivity contribution in [3.05, 3.63) is 0 Å². The minimum absolute atomic E-state index is 0.100. The van der Waals surface area contributed by atoms with Crippen LogP contribution in [0.5, 0.6) is 0 Å². The maximum Gasteiger partial charge on any atom is 0.326 e. The Bertz CT molecular complexity index is 668. The predicted octanol–water partition coefficient (Wildman–Crippen LogP) is -1.66. The zero-order chi connectivity index (χ0) is 24.8. The highest BCUT2D eigenvalue weighted by Crippen LogP contribution is 2.07. The first kappa shape index (κ1) is 29.5. The molecule has 4 atom stereocenters. The Morgan fingerprint density at radius 1 is 0.938 bits per heavy atom. The number of rotatable bonds is 15. The van der Waals surface area contributed by atoms with Crippen LogP contribution in [0.3, 0.4) is 0 Å². The number of nitrogens with zero attached hydrogens (tertiary/aromatic N) is 1. The topological polar surface area (TPSA) is 215 Å². The highest BCUT2D eigenvalue weighted by atomic mass is 32.2. The van der Waals surface area contributed by atoms with Gasteiger partial charge in [-0.3, -0.25) is 19.4 Å². The second kappa shape index (κ2) is 15.3. The molecule has 0 aromatic heterocycles. The minimum Gasteiger partial charge on any atom is -0.480 e. The van der Waals surface area contributed by atoms with Crippen molar-refractivity contribution in [2.75, 3.05) is 18.6 Å². The van der Waals surface area contributed by atoms with E-state index in [0.717, 1.165) is 0 Å². The van der Waals surface area contributed by atoms with Crippen LogP contribution in [0, 0.1) is 5.92 Å². The Morgan fingerprint density at radius 3 is 2.00 bits per heavy atom. The maximum absolute atomic E-state index is 12.8. The van der Waals surface area contributed by atoms with Gasteiger partial charge in [0.1, 0.15) is 18.1 Å². The number of thioether (sulfide) groups is 1. The maximum atomic E-state index is 12.8. The fourth-order valence-electron chi connectivity index (χ4n) is 2.62. The van der Waals surface area contributed by atoms with Crippen LogP contribution in [0.15, 0.2) is 4.99 Å². The molecule has 184 valence electrons. The summed E-state index contributed by atoms with van der Waals surface area (Å²) in [5.74, 6) is -2.67. The Kier molecular flexibility index (Phi) is 14.1. The van der Waals surface area contributed by atoms with E-state index in [1.54, 1.807) is 13.8 Å². The third-order valence-electron chi connectivity index (χ3n) is 4.46. The largest absolute Gasteiger partial charge is 0.480 e. The van der Waals surface area contributed by atoms with Crippen molar-refractivity contribution in [3.63, 3.8) is 0 Å². The number of carboxylic acids is 1. The lowest BCUT2D eigenvalue weighted by molar-refractivity contribution is -0.142. The zero-order valence-corrected chi connectivity index (χ0v) is 19.9. The number of hydrogen-bond acceptors (Lipinski definition) is 7. The molecule has 0 heterocycles. The van der Waals surface area contributed by atoms with Gasteiger partial charge in [-0.15, -0.1) is 0 Å². The lowest BCUT2D eigenvalue weighted by Crippen LogP contribution is -2.58. The summed E-state index contributed by atoms with van der Waals surface area (Å²) < 4.78 is 0. The van der Waals surface area contributed by atoms with Crippen molar-refractivity contribution in [3.8, 4) is 0 Å². The molecule has 12 nitrogen and oxygen atoms in total. The predicted molar refractivity (Wildman–Crippen MR) is 125 cm³/mol. The first-order valence-corrected chi connectivity index (χ1v) is 11.7. The van der Waals surface area contributed by atoms with E-state index in [2.05, 4.69) is 20.9 Å². The molecule has 13 heteroatoms. The van der Waals surface area contributed by atoms with Gasteiger partial charge in [-0.2, -0.15) is 11.8 Å². The van der Waals surface area contributed by atoms with Crippen molar-refractivity contribution in [2.45, 2.75) is 64.2 Å². The molecule has 32 heavy (non-hydrogen) atoms. The summed E-state index contributed by atoms with van der Waals surface area (Å²) in [6, 6.07) is -3.82. The Labute approximate surface area is 192 Å². The Hall–Kier alpha value is -2.54. The van der Waals surface area contributed by atoms with E-state index in [9.17, 15) is 24.3 Å². The van der Waals surface area contributed by atoms with Gasteiger partial charge in [-0.05, 0) is 44.1 Å². The molecule has 0 aliphatic rings. The summed E-state index contributed by atoms with van der Waals surface area (Å²) in [5, 5.41) is 17.1. The van der Waals surface area contributed by atoms with E-state index in [4.69, 9.17) is 17.2 Å². The summed E-state index contributed by atoms with van der Waals surface area (Å²) in [6.07, 6.45) is 2.58. The van der Waals surface area contributed by atoms with Gasteiger partial charge in [0.25, 0.3) is 0 Å². The second-order valence-corrected chi connectivity index (χ2v) is 8.70. The fourth-order valence-corrected chi connectivity index (χ4v) is 3.09. The zero-order valence-electron chi connectivity index (χ0n) is 19.1. The summed E-state index contributed by atoms with van der Waals surface area (Å²) in [5.41, 5.74) is 16.0. The highest BCUT2D eigenvalue weighted by molar-refractivity contribution is 7.98. The van der Waals surface area contributed by atoms with Crippen LogP contribution in [0.1, 0.15) is 40.0 Å². The van der Waals surface area contributed by atoms with Crippen LogP contribution in [-0.2, 0) is 19.2 Å². The summed E-state index contributed by atoms with van der Waals surface area (Å²) in [7, 11) is 0. The normalized spacial score (nSPS) is 14.6. The molecule has 0 aliphatic carbocycles. The van der Waals surface area contributed by atoms with Gasteiger partial charge in [0.15, 0.2) is 5.96 Å². The minimum atomic E-state index is -1.21. The second-order valence-electron chi connectivity index (χ2n) is 7.71. The molecule has 0 radical (unpaired) electrons. The SMILES string of the molecule is CSCCC(NC(=O)C(NC(=O)C(C)N)C(C)C)C(=O)NC(CCCN=C(N)N)C(=O)O. The van der Waals surface area contributed by atoms with Crippen LogP contribution in [0.25, 0.3) is 0 Å². The number of aliphatic imine (C=N–C) groups is 1. The van der Waals surface area contributed by atoms with Crippen LogP contribution >= 0.6 is 11.8 Å². The van der Waals surface area contributed by atoms with Gasteiger partial charge in [0, 0.05) is 6.54 Å². The van der Waals surface area contributed by atoms with Crippen LogP contribution in [0.2, 0.25) is 0 Å². The number of guanidine groups is 1. The number of carboxylic acid groups (broad SMARTS) is 1. The van der Waals surface area contributed by atoms with Gasteiger partial charge in [0.05, 0.1) is 6.04 Å². The lowest BCUT2D eigenvalue weighted by Gasteiger charge is -2.26. The average molecular weight is 476 g/mol. The Balaban J connectivity index is 5.27. The van der Waals surface area contributed by atoms with E-state index >= 15 is 0 Å². The molecule has 0 saturated carbocycles. The van der Waals surface area contributed by atoms with Crippen LogP contribution in [0.4, 0.5) is 0 Å². The first-order valence-electron chi connectivity index (χ1n) is 10.3. The standard InChI is InChI=1S/C19H37N7O5S/c1-10(2)14(26-15(27)11(3)20)17(29)24-12(7-9-32-4)16(28)25-13(18(30)31)6-5-8-23-19(21)22/h10-14H,5-9,20H2,1-4H3,(H,24,29)(H,25,28)(H,26,27)(H,30,31)(H4,21,22,23). The summed E-state index contributed by atoms with van der Waals surface area (Å²) in [6.45, 7) is 5.22. The third kappa shape index (κ3) is 11.7. The molecular weight excluding hydrogens is 438 g/mol. The number of carbonyl (C=O) groups is 4. The van der Waals surface area contributed by atoms with Crippen molar-refractivity contribution in [1.29, 1.82) is 0 Å². The summed E-state index contributed by atoms with van der Waals surface area (Å²) >= 11 is 1.48. The molecule has 0 bridgehead atoms. The summed E-state index contributed by atoms with van der Waals surface area (Å²) in [4.78, 5) is 52.9. The number of aliphatic carboxylic acids is 1. The molecule has 0 aromatic rings.